The molecule has 1 saturated heterocycles. The molecule has 134 valence electrons. The zero-order valence-corrected chi connectivity index (χ0v) is 15.4. The Bertz CT molecular complexity index is 695. The Labute approximate surface area is 152 Å². The average molecular weight is 359 g/mol. The molecule has 0 saturated carbocycles. The molecular formula is C19H25N3O2S. The van der Waals surface area contributed by atoms with E-state index in [1.807, 2.05) is 35.4 Å². The number of hydrogen-bond acceptors (Lipinski definition) is 5. The van der Waals surface area contributed by atoms with Gasteiger partial charge in [-0.2, -0.15) is 11.3 Å². The summed E-state index contributed by atoms with van der Waals surface area (Å²) in [5.41, 5.74) is 8.99. The second-order valence-corrected chi connectivity index (χ2v) is 7.13. The number of aryl methyl sites for hydroxylation is 1. The van der Waals surface area contributed by atoms with Crippen molar-refractivity contribution in [2.75, 3.05) is 26.2 Å². The summed E-state index contributed by atoms with van der Waals surface area (Å²) in [6.07, 6.45) is 2.90. The molecule has 1 aliphatic heterocycles. The van der Waals surface area contributed by atoms with Crippen LogP contribution in [0.5, 0.6) is 0 Å². The first-order valence-electron chi connectivity index (χ1n) is 8.80. The fourth-order valence-corrected chi connectivity index (χ4v) is 3.74. The highest BCUT2D eigenvalue weighted by molar-refractivity contribution is 7.08. The average Bonchev–Trinajstić information content (AvgIpc) is 3.17. The third-order valence-corrected chi connectivity index (χ3v) is 5.25. The summed E-state index contributed by atoms with van der Waals surface area (Å²) in [5.74, 6) is 0.0716. The van der Waals surface area contributed by atoms with E-state index < -0.39 is 0 Å². The number of ether oxygens (including phenoxy) is 1. The topological polar surface area (TPSA) is 68.5 Å². The van der Waals surface area contributed by atoms with E-state index in [-0.39, 0.29) is 12.0 Å². The maximum absolute atomic E-state index is 12.8. The molecule has 0 aliphatic carbocycles. The van der Waals surface area contributed by atoms with Crippen molar-refractivity contribution in [2.24, 2.45) is 5.73 Å². The van der Waals surface area contributed by atoms with Gasteiger partial charge in [-0.05, 0) is 56.3 Å². The molecule has 0 unspecified atom stereocenters. The summed E-state index contributed by atoms with van der Waals surface area (Å²) in [5, 5.41) is 4.10. The van der Waals surface area contributed by atoms with Gasteiger partial charge in [0.1, 0.15) is 0 Å². The van der Waals surface area contributed by atoms with Gasteiger partial charge in [0, 0.05) is 30.6 Å². The molecule has 1 aliphatic rings. The Morgan fingerprint density at radius 2 is 2.16 bits per heavy atom. The number of piperidine rings is 1. The van der Waals surface area contributed by atoms with Crippen LogP contribution in [0.3, 0.4) is 0 Å². The van der Waals surface area contributed by atoms with Crippen LogP contribution in [-0.2, 0) is 4.74 Å². The standard InChI is InChI=1S/C19H25N3O2S/c1-14-17(3-4-18(21-14)15-7-12-25-13-15)19(23)22-9-5-16(6-10-22)24-11-2-8-20/h3-4,7,12-13,16H,2,5-6,8-11,20H2,1H3. The molecule has 0 radical (unpaired) electrons. The second kappa shape index (κ2) is 8.56. The normalized spacial score (nSPS) is 15.5. The first-order chi connectivity index (χ1) is 12.2. The minimum atomic E-state index is 0.0716. The summed E-state index contributed by atoms with van der Waals surface area (Å²) in [6, 6.07) is 5.88. The number of hydrogen-bond donors (Lipinski definition) is 1. The quantitative estimate of drug-likeness (QED) is 0.805. The lowest BCUT2D eigenvalue weighted by molar-refractivity contribution is 0.00842. The molecule has 5 nitrogen and oxygen atoms in total. The van der Waals surface area contributed by atoms with Gasteiger partial charge in [-0.15, -0.1) is 0 Å². The predicted octanol–water partition coefficient (Wildman–Crippen LogP) is 3.09. The van der Waals surface area contributed by atoms with Gasteiger partial charge in [0.15, 0.2) is 0 Å². The van der Waals surface area contributed by atoms with E-state index in [9.17, 15) is 4.79 Å². The highest BCUT2D eigenvalue weighted by Gasteiger charge is 2.25. The molecule has 3 rings (SSSR count). The number of nitrogens with zero attached hydrogens (tertiary/aromatic N) is 2. The Morgan fingerprint density at radius 3 is 2.80 bits per heavy atom. The smallest absolute Gasteiger partial charge is 0.255 e. The Balaban J connectivity index is 1.60. The molecule has 6 heteroatoms. The highest BCUT2D eigenvalue weighted by atomic mass is 32.1. The van der Waals surface area contributed by atoms with Crippen molar-refractivity contribution in [3.05, 3.63) is 40.2 Å². The van der Waals surface area contributed by atoms with E-state index in [0.29, 0.717) is 18.7 Å². The fourth-order valence-electron chi connectivity index (χ4n) is 3.09. The Hall–Kier alpha value is -1.76. The summed E-state index contributed by atoms with van der Waals surface area (Å²) in [7, 11) is 0. The molecule has 2 aromatic heterocycles. The van der Waals surface area contributed by atoms with Gasteiger partial charge >= 0.3 is 0 Å². The van der Waals surface area contributed by atoms with E-state index >= 15 is 0 Å². The molecule has 2 N–H and O–H groups in total. The van der Waals surface area contributed by atoms with E-state index in [2.05, 4.69) is 10.4 Å². The van der Waals surface area contributed by atoms with Gasteiger partial charge < -0.3 is 15.4 Å². The SMILES string of the molecule is Cc1nc(-c2ccsc2)ccc1C(=O)N1CCC(OCCCN)CC1. The van der Waals surface area contributed by atoms with Crippen LogP contribution in [0.25, 0.3) is 11.3 Å². The molecule has 25 heavy (non-hydrogen) atoms. The van der Waals surface area contributed by atoms with Crippen molar-refractivity contribution in [1.29, 1.82) is 0 Å². The maximum atomic E-state index is 12.8. The van der Waals surface area contributed by atoms with Crippen molar-refractivity contribution >= 4 is 17.2 Å². The third kappa shape index (κ3) is 4.45. The lowest BCUT2D eigenvalue weighted by atomic mass is 10.0. The van der Waals surface area contributed by atoms with Crippen LogP contribution in [0.2, 0.25) is 0 Å². The first kappa shape index (κ1) is 18.0. The summed E-state index contributed by atoms with van der Waals surface area (Å²) in [4.78, 5) is 19.3. The van der Waals surface area contributed by atoms with Crippen LogP contribution in [0.15, 0.2) is 29.0 Å². The molecule has 1 amide bonds. The largest absolute Gasteiger partial charge is 0.378 e. The van der Waals surface area contributed by atoms with Crippen molar-refractivity contribution < 1.29 is 9.53 Å². The maximum Gasteiger partial charge on any atom is 0.255 e. The van der Waals surface area contributed by atoms with E-state index in [1.165, 1.54) is 0 Å². The van der Waals surface area contributed by atoms with Crippen molar-refractivity contribution in [3.63, 3.8) is 0 Å². The lowest BCUT2D eigenvalue weighted by Gasteiger charge is -2.32. The highest BCUT2D eigenvalue weighted by Crippen LogP contribution is 2.23. The van der Waals surface area contributed by atoms with Crippen molar-refractivity contribution in [3.8, 4) is 11.3 Å². The molecule has 3 heterocycles. The Kier molecular flexibility index (Phi) is 6.18. The van der Waals surface area contributed by atoms with Crippen LogP contribution in [0, 0.1) is 6.92 Å². The number of rotatable bonds is 6. The molecule has 2 aromatic rings. The first-order valence-corrected chi connectivity index (χ1v) is 9.74. The molecule has 0 spiro atoms. The Morgan fingerprint density at radius 1 is 1.36 bits per heavy atom. The monoisotopic (exact) mass is 359 g/mol. The third-order valence-electron chi connectivity index (χ3n) is 4.56. The number of thiophene rings is 1. The van der Waals surface area contributed by atoms with Crippen LogP contribution in [-0.4, -0.2) is 48.1 Å². The summed E-state index contributed by atoms with van der Waals surface area (Å²) >= 11 is 1.65. The van der Waals surface area contributed by atoms with Gasteiger partial charge in [0.25, 0.3) is 5.91 Å². The summed E-state index contributed by atoms with van der Waals surface area (Å²) < 4.78 is 5.81. The number of amides is 1. The van der Waals surface area contributed by atoms with E-state index in [1.54, 1.807) is 11.3 Å². The number of carbonyl (C=O) groups excluding carboxylic acids is 1. The fraction of sp³-hybridized carbons (Fsp3) is 0.474. The van der Waals surface area contributed by atoms with Gasteiger partial charge in [-0.25, -0.2) is 0 Å². The van der Waals surface area contributed by atoms with Gasteiger partial charge in [0.2, 0.25) is 0 Å². The van der Waals surface area contributed by atoms with E-state index in [0.717, 1.165) is 49.3 Å². The molecule has 0 atom stereocenters. The van der Waals surface area contributed by atoms with Crippen LogP contribution < -0.4 is 5.73 Å². The second-order valence-electron chi connectivity index (χ2n) is 6.35. The summed E-state index contributed by atoms with van der Waals surface area (Å²) in [6.45, 7) is 4.74. The van der Waals surface area contributed by atoms with Crippen LogP contribution in [0.4, 0.5) is 0 Å². The number of nitrogens with two attached hydrogens (primary N) is 1. The molecule has 1 fully saturated rings. The molecule has 0 bridgehead atoms. The molecule has 0 aromatic carbocycles. The minimum absolute atomic E-state index is 0.0716. The van der Waals surface area contributed by atoms with E-state index in [4.69, 9.17) is 10.5 Å². The lowest BCUT2D eigenvalue weighted by Crippen LogP contribution is -2.41. The number of aromatic nitrogens is 1. The van der Waals surface area contributed by atoms with Crippen LogP contribution >= 0.6 is 11.3 Å². The van der Waals surface area contributed by atoms with Crippen molar-refractivity contribution in [2.45, 2.75) is 32.3 Å². The van der Waals surface area contributed by atoms with Gasteiger partial charge in [0.05, 0.1) is 23.1 Å². The van der Waals surface area contributed by atoms with Crippen molar-refractivity contribution in [1.82, 2.24) is 9.88 Å². The molecular weight excluding hydrogens is 334 g/mol. The number of carbonyl (C=O) groups is 1. The zero-order valence-electron chi connectivity index (χ0n) is 14.6. The predicted molar refractivity (Wildman–Crippen MR) is 101 cm³/mol. The number of pyridine rings is 1. The minimum Gasteiger partial charge on any atom is -0.378 e. The van der Waals surface area contributed by atoms with Crippen LogP contribution in [0.1, 0.15) is 35.3 Å². The van der Waals surface area contributed by atoms with Gasteiger partial charge in [-0.3, -0.25) is 9.78 Å². The zero-order chi connectivity index (χ0) is 17.6. The van der Waals surface area contributed by atoms with Gasteiger partial charge in [-0.1, -0.05) is 0 Å². The number of likely N-dealkylation sites (tertiary alicyclic amines) is 1.